The molecule has 0 amide bonds. The fourth-order valence-corrected chi connectivity index (χ4v) is 3.91. The molecule has 0 atom stereocenters. The molecule has 0 fully saturated rings. The highest BCUT2D eigenvalue weighted by Gasteiger charge is 2.03. The number of nitrogens with zero attached hydrogens (tertiary/aromatic N) is 1. The first-order valence-electron chi connectivity index (χ1n) is 12.2. The van der Waals surface area contributed by atoms with Crippen LogP contribution in [0.25, 0.3) is 0 Å². The lowest BCUT2D eigenvalue weighted by Crippen LogP contribution is -2.03. The van der Waals surface area contributed by atoms with Crippen LogP contribution < -0.4 is 5.32 Å². The third-order valence-corrected chi connectivity index (χ3v) is 5.75. The van der Waals surface area contributed by atoms with E-state index in [0.717, 1.165) is 24.2 Å². The van der Waals surface area contributed by atoms with Gasteiger partial charge < -0.3 is 5.32 Å². The number of hydrogen-bond acceptors (Lipinski definition) is 3. The van der Waals surface area contributed by atoms with E-state index in [4.69, 9.17) is 0 Å². The molecule has 0 aliphatic rings. The van der Waals surface area contributed by atoms with Gasteiger partial charge in [-0.2, -0.15) is 4.99 Å². The molecule has 1 aromatic carbocycles. The van der Waals surface area contributed by atoms with Gasteiger partial charge in [0.2, 0.25) is 6.08 Å². The van der Waals surface area contributed by atoms with Crippen LogP contribution in [0.2, 0.25) is 0 Å². The molecule has 0 aromatic heterocycles. The second-order valence-electron chi connectivity index (χ2n) is 8.40. The molecule has 0 bridgehead atoms. The Kier molecular flexibility index (Phi) is 16.2. The first-order chi connectivity index (χ1) is 14.3. The second-order valence-corrected chi connectivity index (χ2v) is 8.40. The van der Waals surface area contributed by atoms with E-state index in [1.807, 2.05) is 25.1 Å². The summed E-state index contributed by atoms with van der Waals surface area (Å²) in [7, 11) is 0. The molecule has 0 heterocycles. The van der Waals surface area contributed by atoms with Gasteiger partial charge in [-0.05, 0) is 25.0 Å². The Morgan fingerprint density at radius 2 is 1.24 bits per heavy atom. The van der Waals surface area contributed by atoms with Crippen LogP contribution in [-0.2, 0) is 4.79 Å². The Bertz CT molecular complexity index is 564. The van der Waals surface area contributed by atoms with E-state index in [9.17, 15) is 4.79 Å². The van der Waals surface area contributed by atoms with Crippen LogP contribution in [0.1, 0.15) is 115 Å². The fraction of sp³-hybridized carbons (Fsp3) is 0.731. The van der Waals surface area contributed by atoms with Gasteiger partial charge in [-0.1, -0.05) is 115 Å². The van der Waals surface area contributed by atoms with Gasteiger partial charge in [0.15, 0.2) is 0 Å². The van der Waals surface area contributed by atoms with E-state index < -0.39 is 0 Å². The Hall–Kier alpha value is -1.60. The van der Waals surface area contributed by atoms with Crippen molar-refractivity contribution in [2.45, 2.75) is 117 Å². The monoisotopic (exact) mass is 400 g/mol. The largest absolute Gasteiger partial charge is 0.383 e. The average Bonchev–Trinajstić information content (AvgIpc) is 2.72. The Morgan fingerprint density at radius 1 is 0.759 bits per heavy atom. The van der Waals surface area contributed by atoms with E-state index in [-0.39, 0.29) is 0 Å². The van der Waals surface area contributed by atoms with Crippen molar-refractivity contribution in [3.63, 3.8) is 0 Å². The van der Waals surface area contributed by atoms with Gasteiger partial charge in [-0.3, -0.25) is 0 Å². The number of rotatable bonds is 19. The zero-order valence-corrected chi connectivity index (χ0v) is 19.1. The SMILES string of the molecule is CCCCCCCCCCCCCCCCCCNc1c(C)cccc1N=C=O. The van der Waals surface area contributed by atoms with E-state index >= 15 is 0 Å². The summed E-state index contributed by atoms with van der Waals surface area (Å²) < 4.78 is 0. The van der Waals surface area contributed by atoms with Crippen molar-refractivity contribution in [2.24, 2.45) is 4.99 Å². The minimum Gasteiger partial charge on any atom is -0.383 e. The first-order valence-corrected chi connectivity index (χ1v) is 12.2. The highest BCUT2D eigenvalue weighted by atomic mass is 16.1. The summed E-state index contributed by atoms with van der Waals surface area (Å²) in [4.78, 5) is 14.3. The number of aliphatic imine (C=N–C) groups is 1. The summed E-state index contributed by atoms with van der Waals surface area (Å²) >= 11 is 0. The molecule has 0 aliphatic heterocycles. The third-order valence-electron chi connectivity index (χ3n) is 5.75. The smallest absolute Gasteiger partial charge is 0.240 e. The summed E-state index contributed by atoms with van der Waals surface area (Å²) in [6.45, 7) is 5.26. The minimum atomic E-state index is 0.691. The second kappa shape index (κ2) is 18.4. The van der Waals surface area contributed by atoms with Crippen molar-refractivity contribution in [1.29, 1.82) is 0 Å². The van der Waals surface area contributed by atoms with Crippen LogP contribution in [0, 0.1) is 6.92 Å². The van der Waals surface area contributed by atoms with Crippen LogP contribution >= 0.6 is 0 Å². The van der Waals surface area contributed by atoms with Crippen LogP contribution in [-0.4, -0.2) is 12.6 Å². The molecule has 0 unspecified atom stereocenters. The summed E-state index contributed by atoms with van der Waals surface area (Å²) in [6.07, 6.45) is 23.8. The molecular weight excluding hydrogens is 356 g/mol. The predicted octanol–water partition coefficient (Wildman–Crippen LogP) is 8.64. The maximum Gasteiger partial charge on any atom is 0.240 e. The molecule has 0 saturated heterocycles. The summed E-state index contributed by atoms with van der Waals surface area (Å²) in [5.41, 5.74) is 2.78. The number of benzene rings is 1. The standard InChI is InChI=1S/C26H44N2O/c1-3-4-5-6-7-8-9-10-11-12-13-14-15-16-17-18-22-27-26-24(2)20-19-21-25(26)28-23-29/h19-21,27H,3-18,22H2,1-2H3. The molecule has 1 rings (SSSR count). The zero-order chi connectivity index (χ0) is 21.0. The molecular formula is C26H44N2O. The van der Waals surface area contributed by atoms with Crippen molar-refractivity contribution < 1.29 is 4.79 Å². The van der Waals surface area contributed by atoms with Gasteiger partial charge in [0, 0.05) is 6.54 Å². The van der Waals surface area contributed by atoms with Gasteiger partial charge in [0.1, 0.15) is 0 Å². The fourth-order valence-electron chi connectivity index (χ4n) is 3.91. The number of carbonyl (C=O) groups excluding carboxylic acids is 1. The van der Waals surface area contributed by atoms with Gasteiger partial charge >= 0.3 is 0 Å². The maximum absolute atomic E-state index is 10.6. The van der Waals surface area contributed by atoms with Crippen molar-refractivity contribution in [3.05, 3.63) is 23.8 Å². The minimum absolute atomic E-state index is 0.691. The van der Waals surface area contributed by atoms with E-state index in [0.29, 0.717) is 5.69 Å². The molecule has 0 aliphatic carbocycles. The predicted molar refractivity (Wildman–Crippen MR) is 127 cm³/mol. The highest BCUT2D eigenvalue weighted by molar-refractivity contribution is 5.71. The van der Waals surface area contributed by atoms with Crippen LogP contribution in [0.5, 0.6) is 0 Å². The molecule has 3 heteroatoms. The number of para-hydroxylation sites is 1. The van der Waals surface area contributed by atoms with Gasteiger partial charge in [0.25, 0.3) is 0 Å². The zero-order valence-electron chi connectivity index (χ0n) is 19.1. The first kappa shape index (κ1) is 25.4. The number of unbranched alkanes of at least 4 members (excludes halogenated alkanes) is 15. The number of hydrogen-bond donors (Lipinski definition) is 1. The summed E-state index contributed by atoms with van der Waals surface area (Å²) in [6, 6.07) is 5.82. The number of anilines is 1. The van der Waals surface area contributed by atoms with Crippen molar-refractivity contribution in [2.75, 3.05) is 11.9 Å². The Morgan fingerprint density at radius 3 is 1.72 bits per heavy atom. The van der Waals surface area contributed by atoms with Crippen LogP contribution in [0.15, 0.2) is 23.2 Å². The molecule has 0 spiro atoms. The van der Waals surface area contributed by atoms with Crippen molar-refractivity contribution in [1.82, 2.24) is 0 Å². The van der Waals surface area contributed by atoms with E-state index in [2.05, 4.69) is 17.2 Å². The van der Waals surface area contributed by atoms with Crippen LogP contribution in [0.4, 0.5) is 11.4 Å². The van der Waals surface area contributed by atoms with Crippen LogP contribution in [0.3, 0.4) is 0 Å². The molecule has 3 nitrogen and oxygen atoms in total. The average molecular weight is 401 g/mol. The van der Waals surface area contributed by atoms with E-state index in [1.54, 1.807) is 6.08 Å². The van der Waals surface area contributed by atoms with Gasteiger partial charge in [-0.15, -0.1) is 0 Å². The highest BCUT2D eigenvalue weighted by Crippen LogP contribution is 2.28. The topological polar surface area (TPSA) is 41.5 Å². The Labute approximate surface area is 179 Å². The third kappa shape index (κ3) is 13.3. The lowest BCUT2D eigenvalue weighted by Gasteiger charge is -2.11. The molecule has 1 N–H and O–H groups in total. The number of isocyanates is 1. The molecule has 164 valence electrons. The number of nitrogens with one attached hydrogen (secondary N) is 1. The van der Waals surface area contributed by atoms with Gasteiger partial charge in [-0.25, -0.2) is 4.79 Å². The Balaban J connectivity index is 1.89. The lowest BCUT2D eigenvalue weighted by atomic mass is 10.0. The van der Waals surface area contributed by atoms with Crippen molar-refractivity contribution >= 4 is 17.5 Å². The molecule has 29 heavy (non-hydrogen) atoms. The summed E-state index contributed by atoms with van der Waals surface area (Å²) in [5.74, 6) is 0. The van der Waals surface area contributed by atoms with E-state index in [1.165, 1.54) is 96.3 Å². The van der Waals surface area contributed by atoms with Crippen molar-refractivity contribution in [3.8, 4) is 0 Å². The molecule has 0 saturated carbocycles. The quantitative estimate of drug-likeness (QED) is 0.143. The lowest BCUT2D eigenvalue weighted by molar-refractivity contribution is 0.530. The molecule has 0 radical (unpaired) electrons. The normalized spacial score (nSPS) is 10.7. The maximum atomic E-state index is 10.6. The number of aryl methyl sites for hydroxylation is 1. The molecule has 1 aromatic rings. The summed E-state index contributed by atoms with van der Waals surface area (Å²) in [5, 5.41) is 3.44. The van der Waals surface area contributed by atoms with Gasteiger partial charge in [0.05, 0.1) is 11.4 Å².